The molecule has 2 N–H and O–H groups in total. The van der Waals surface area contributed by atoms with Gasteiger partial charge in [0.15, 0.2) is 0 Å². The van der Waals surface area contributed by atoms with E-state index in [9.17, 15) is 14.4 Å². The van der Waals surface area contributed by atoms with Gasteiger partial charge in [-0.1, -0.05) is 0 Å². The number of aliphatic hydroxyl groups excluding tert-OH is 1. The van der Waals surface area contributed by atoms with Gasteiger partial charge >= 0.3 is 11.9 Å². The number of carbonyl (C=O) groups is 3. The summed E-state index contributed by atoms with van der Waals surface area (Å²) < 4.78 is 6.22. The molecular formula is C13H17N3O6. The molecule has 1 atom stereocenters. The summed E-state index contributed by atoms with van der Waals surface area (Å²) in [5.41, 5.74) is 0.0784. The Bertz CT molecular complexity index is 597. The van der Waals surface area contributed by atoms with Crippen molar-refractivity contribution in [3.63, 3.8) is 0 Å². The van der Waals surface area contributed by atoms with Gasteiger partial charge in [-0.25, -0.2) is 9.48 Å². The van der Waals surface area contributed by atoms with Crippen molar-refractivity contribution in [2.75, 3.05) is 24.7 Å². The summed E-state index contributed by atoms with van der Waals surface area (Å²) in [7, 11) is 0. The molecule has 1 amide bonds. The number of esters is 1. The van der Waals surface area contributed by atoms with Crippen molar-refractivity contribution in [2.24, 2.45) is 5.92 Å². The van der Waals surface area contributed by atoms with E-state index < -0.39 is 23.8 Å². The van der Waals surface area contributed by atoms with Crippen molar-refractivity contribution in [3.05, 3.63) is 11.8 Å². The van der Waals surface area contributed by atoms with Crippen molar-refractivity contribution in [3.8, 4) is 0 Å². The number of carboxylic acid groups (broad SMARTS) is 1. The first-order valence-electron chi connectivity index (χ1n) is 6.86. The van der Waals surface area contributed by atoms with Crippen LogP contribution in [0.25, 0.3) is 0 Å². The molecule has 1 fully saturated rings. The van der Waals surface area contributed by atoms with E-state index in [0.717, 1.165) is 0 Å². The summed E-state index contributed by atoms with van der Waals surface area (Å²) >= 11 is 0. The number of rotatable bonds is 6. The van der Waals surface area contributed by atoms with Crippen LogP contribution in [0.15, 0.2) is 6.20 Å². The molecule has 0 spiro atoms. The minimum atomic E-state index is -1.07. The standard InChI is InChI=1S/C13H17N3O6/c1-2-22-13(21)9-6-14-16(3-4-17)11(9)15-7-8(12(19)20)5-10(15)18/h6,8,17H,2-5,7H2,1H3,(H,19,20). The van der Waals surface area contributed by atoms with Crippen LogP contribution in [0.2, 0.25) is 0 Å². The Morgan fingerprint density at radius 1 is 1.50 bits per heavy atom. The van der Waals surface area contributed by atoms with Crippen molar-refractivity contribution in [2.45, 2.75) is 19.9 Å². The van der Waals surface area contributed by atoms with Gasteiger partial charge in [0.1, 0.15) is 11.4 Å². The van der Waals surface area contributed by atoms with Gasteiger partial charge in [-0.2, -0.15) is 5.10 Å². The van der Waals surface area contributed by atoms with Crippen LogP contribution < -0.4 is 4.90 Å². The highest BCUT2D eigenvalue weighted by atomic mass is 16.5. The van der Waals surface area contributed by atoms with Gasteiger partial charge in [0, 0.05) is 13.0 Å². The van der Waals surface area contributed by atoms with Crippen molar-refractivity contribution < 1.29 is 29.3 Å². The van der Waals surface area contributed by atoms with Crippen LogP contribution in [0, 0.1) is 5.92 Å². The number of anilines is 1. The molecule has 2 heterocycles. The summed E-state index contributed by atoms with van der Waals surface area (Å²) in [5.74, 6) is -2.78. The minimum Gasteiger partial charge on any atom is -0.481 e. The maximum absolute atomic E-state index is 12.1. The maximum Gasteiger partial charge on any atom is 0.343 e. The lowest BCUT2D eigenvalue weighted by Crippen LogP contribution is -2.30. The fourth-order valence-electron chi connectivity index (χ4n) is 2.35. The predicted molar refractivity (Wildman–Crippen MR) is 73.4 cm³/mol. The van der Waals surface area contributed by atoms with Gasteiger partial charge in [-0.15, -0.1) is 0 Å². The Morgan fingerprint density at radius 2 is 2.23 bits per heavy atom. The predicted octanol–water partition coefficient (Wildman–Crippen LogP) is -0.510. The number of aliphatic hydroxyl groups is 1. The number of amides is 1. The second-order valence-corrected chi connectivity index (χ2v) is 4.79. The summed E-state index contributed by atoms with van der Waals surface area (Å²) in [6.45, 7) is 1.61. The Morgan fingerprint density at radius 3 is 2.77 bits per heavy atom. The zero-order valence-electron chi connectivity index (χ0n) is 12.1. The van der Waals surface area contributed by atoms with Crippen LogP contribution in [0.4, 0.5) is 5.82 Å². The molecule has 0 bridgehead atoms. The first kappa shape index (κ1) is 16.0. The number of aromatic nitrogens is 2. The minimum absolute atomic E-state index is 0.0440. The molecular weight excluding hydrogens is 294 g/mol. The summed E-state index contributed by atoms with van der Waals surface area (Å²) in [6, 6.07) is 0. The molecule has 2 rings (SSSR count). The molecule has 1 unspecified atom stereocenters. The second-order valence-electron chi connectivity index (χ2n) is 4.79. The molecule has 9 heteroatoms. The maximum atomic E-state index is 12.1. The van der Waals surface area contributed by atoms with Crippen molar-refractivity contribution >= 4 is 23.7 Å². The van der Waals surface area contributed by atoms with E-state index in [1.165, 1.54) is 15.8 Å². The first-order valence-corrected chi connectivity index (χ1v) is 6.86. The number of hydrogen-bond acceptors (Lipinski definition) is 6. The third-order valence-electron chi connectivity index (χ3n) is 3.35. The second kappa shape index (κ2) is 6.56. The SMILES string of the molecule is CCOC(=O)c1cnn(CCO)c1N1CC(C(=O)O)CC1=O. The summed E-state index contributed by atoms with van der Waals surface area (Å²) in [5, 5.41) is 22.1. The third-order valence-corrected chi connectivity index (χ3v) is 3.35. The van der Waals surface area contributed by atoms with Gasteiger partial charge in [-0.05, 0) is 6.92 Å². The Balaban J connectivity index is 2.39. The summed E-state index contributed by atoms with van der Waals surface area (Å²) in [4.78, 5) is 36.3. The molecule has 0 radical (unpaired) electrons. The lowest BCUT2D eigenvalue weighted by atomic mass is 10.1. The number of carboxylic acids is 1. The van der Waals surface area contributed by atoms with Crippen molar-refractivity contribution in [1.82, 2.24) is 9.78 Å². The molecule has 0 aliphatic carbocycles. The van der Waals surface area contributed by atoms with Crippen LogP contribution in [-0.4, -0.2) is 57.6 Å². The lowest BCUT2D eigenvalue weighted by molar-refractivity contribution is -0.141. The van der Waals surface area contributed by atoms with Crippen LogP contribution in [-0.2, 0) is 20.9 Å². The van der Waals surface area contributed by atoms with Crippen molar-refractivity contribution in [1.29, 1.82) is 0 Å². The van der Waals surface area contributed by atoms with Crippen LogP contribution in [0.3, 0.4) is 0 Å². The lowest BCUT2D eigenvalue weighted by Gasteiger charge is -2.19. The third kappa shape index (κ3) is 2.93. The van der Waals surface area contributed by atoms with E-state index in [1.807, 2.05) is 0 Å². The molecule has 1 aromatic heterocycles. The average molecular weight is 311 g/mol. The molecule has 0 saturated carbocycles. The molecule has 0 aromatic carbocycles. The number of carbonyl (C=O) groups excluding carboxylic acids is 2. The molecule has 1 saturated heterocycles. The number of ether oxygens (including phenoxy) is 1. The zero-order valence-corrected chi connectivity index (χ0v) is 12.1. The Labute approximate surface area is 126 Å². The van der Waals surface area contributed by atoms with Gasteiger partial charge in [0.25, 0.3) is 0 Å². The number of nitrogens with zero attached hydrogens (tertiary/aromatic N) is 3. The molecule has 1 aliphatic heterocycles. The summed E-state index contributed by atoms with van der Waals surface area (Å²) in [6.07, 6.45) is 1.12. The monoisotopic (exact) mass is 311 g/mol. The molecule has 9 nitrogen and oxygen atoms in total. The van der Waals surface area contributed by atoms with Crippen LogP contribution in [0.5, 0.6) is 0 Å². The first-order chi connectivity index (χ1) is 10.5. The molecule has 1 aromatic rings. The van der Waals surface area contributed by atoms with E-state index in [-0.39, 0.29) is 44.1 Å². The fraction of sp³-hybridized carbons (Fsp3) is 0.538. The Kier molecular flexibility index (Phi) is 4.76. The normalized spacial score (nSPS) is 17.8. The number of aliphatic carboxylic acids is 1. The van der Waals surface area contributed by atoms with E-state index in [4.69, 9.17) is 14.9 Å². The Hall–Kier alpha value is -2.42. The fourth-order valence-corrected chi connectivity index (χ4v) is 2.35. The van der Waals surface area contributed by atoms with E-state index in [1.54, 1.807) is 6.92 Å². The van der Waals surface area contributed by atoms with Crippen LogP contribution in [0.1, 0.15) is 23.7 Å². The van der Waals surface area contributed by atoms with E-state index in [0.29, 0.717) is 0 Å². The van der Waals surface area contributed by atoms with Crippen LogP contribution >= 0.6 is 0 Å². The van der Waals surface area contributed by atoms with E-state index in [2.05, 4.69) is 5.10 Å². The smallest absolute Gasteiger partial charge is 0.343 e. The quantitative estimate of drug-likeness (QED) is 0.678. The molecule has 22 heavy (non-hydrogen) atoms. The highest BCUT2D eigenvalue weighted by Gasteiger charge is 2.38. The topological polar surface area (TPSA) is 122 Å². The van der Waals surface area contributed by atoms with Gasteiger partial charge in [0.05, 0.1) is 31.9 Å². The highest BCUT2D eigenvalue weighted by molar-refractivity contribution is 6.04. The van der Waals surface area contributed by atoms with Gasteiger partial charge in [0.2, 0.25) is 5.91 Å². The largest absolute Gasteiger partial charge is 0.481 e. The van der Waals surface area contributed by atoms with Gasteiger partial charge in [-0.3, -0.25) is 14.5 Å². The van der Waals surface area contributed by atoms with E-state index >= 15 is 0 Å². The molecule has 1 aliphatic rings. The highest BCUT2D eigenvalue weighted by Crippen LogP contribution is 2.29. The average Bonchev–Trinajstić information content (AvgIpc) is 3.03. The number of hydrogen-bond donors (Lipinski definition) is 2. The molecule has 120 valence electrons. The van der Waals surface area contributed by atoms with Gasteiger partial charge < -0.3 is 14.9 Å². The zero-order chi connectivity index (χ0) is 16.3.